The average molecular weight is 366 g/mol. The molecule has 0 aliphatic carbocycles. The Morgan fingerprint density at radius 2 is 1.77 bits per heavy atom. The molecule has 0 amide bonds. The molecule has 0 spiro atoms. The fourth-order valence-corrected chi connectivity index (χ4v) is 3.01. The Hall–Kier alpha value is -1.82. The van der Waals surface area contributed by atoms with Crippen LogP contribution in [0.15, 0.2) is 23.2 Å². The third kappa shape index (κ3) is 7.20. The van der Waals surface area contributed by atoms with Crippen LogP contribution in [-0.4, -0.2) is 57.2 Å². The van der Waals surface area contributed by atoms with Crippen LogP contribution >= 0.6 is 0 Å². The van der Waals surface area contributed by atoms with Crippen molar-refractivity contribution in [3.05, 3.63) is 29.6 Å². The summed E-state index contributed by atoms with van der Waals surface area (Å²) in [4.78, 5) is 8.48. The maximum atomic E-state index is 14.0. The molecule has 0 atom stereocenters. The van der Waals surface area contributed by atoms with Gasteiger partial charge in [-0.2, -0.15) is 0 Å². The molecule has 0 heterocycles. The van der Waals surface area contributed by atoms with Crippen LogP contribution in [0.2, 0.25) is 0 Å². The molecule has 26 heavy (non-hydrogen) atoms. The van der Waals surface area contributed by atoms with E-state index in [2.05, 4.69) is 48.2 Å². The molecule has 0 saturated carbocycles. The van der Waals surface area contributed by atoms with Crippen LogP contribution in [0.4, 0.5) is 10.1 Å². The van der Waals surface area contributed by atoms with Crippen molar-refractivity contribution in [3.63, 3.8) is 0 Å². The van der Waals surface area contributed by atoms with Gasteiger partial charge in [0.15, 0.2) is 5.96 Å². The van der Waals surface area contributed by atoms with Crippen LogP contribution in [-0.2, 0) is 6.54 Å². The molecule has 148 valence electrons. The second-order valence-electron chi connectivity index (χ2n) is 7.31. The predicted molar refractivity (Wildman–Crippen MR) is 111 cm³/mol. The van der Waals surface area contributed by atoms with Gasteiger partial charge in [0.2, 0.25) is 0 Å². The number of benzene rings is 1. The first-order chi connectivity index (χ1) is 12.3. The van der Waals surface area contributed by atoms with Gasteiger partial charge in [-0.15, -0.1) is 0 Å². The van der Waals surface area contributed by atoms with Gasteiger partial charge in [0.25, 0.3) is 0 Å². The van der Waals surface area contributed by atoms with E-state index in [0.717, 1.165) is 31.0 Å². The smallest absolute Gasteiger partial charge is 0.191 e. The number of rotatable bonds is 9. The third-order valence-electron chi connectivity index (χ3n) is 4.39. The van der Waals surface area contributed by atoms with Crippen molar-refractivity contribution in [2.45, 2.75) is 52.7 Å². The van der Waals surface area contributed by atoms with Gasteiger partial charge in [0.1, 0.15) is 5.82 Å². The SMILES string of the molecule is CN=C(NCCCN(C(C)C)C(C)C)NCc1ccc(N(C)C)c(F)c1. The molecule has 0 fully saturated rings. The lowest BCUT2D eigenvalue weighted by Crippen LogP contribution is -2.41. The summed E-state index contributed by atoms with van der Waals surface area (Å²) >= 11 is 0. The Bertz CT molecular complexity index is 561. The molecule has 1 aromatic rings. The zero-order valence-electron chi connectivity index (χ0n) is 17.4. The molecule has 0 aliphatic heterocycles. The first-order valence-corrected chi connectivity index (χ1v) is 9.42. The van der Waals surface area contributed by atoms with E-state index >= 15 is 0 Å². The lowest BCUT2D eigenvalue weighted by molar-refractivity contribution is 0.173. The summed E-state index contributed by atoms with van der Waals surface area (Å²) in [5.41, 5.74) is 1.48. The van der Waals surface area contributed by atoms with Crippen molar-refractivity contribution in [3.8, 4) is 0 Å². The Kier molecular flexibility index (Phi) is 9.41. The van der Waals surface area contributed by atoms with Gasteiger partial charge in [0.05, 0.1) is 5.69 Å². The highest BCUT2D eigenvalue weighted by Gasteiger charge is 2.12. The second kappa shape index (κ2) is 11.0. The Balaban J connectivity index is 2.43. The molecule has 6 heteroatoms. The van der Waals surface area contributed by atoms with Crippen LogP contribution < -0.4 is 15.5 Å². The summed E-state index contributed by atoms with van der Waals surface area (Å²) in [7, 11) is 5.42. The van der Waals surface area contributed by atoms with Crippen molar-refractivity contribution >= 4 is 11.6 Å². The summed E-state index contributed by atoms with van der Waals surface area (Å²) in [5, 5.41) is 6.57. The van der Waals surface area contributed by atoms with Gasteiger partial charge in [0, 0.05) is 52.9 Å². The molecular weight excluding hydrogens is 329 g/mol. The van der Waals surface area contributed by atoms with E-state index in [1.807, 2.05) is 20.2 Å². The van der Waals surface area contributed by atoms with Crippen LogP contribution in [0.3, 0.4) is 0 Å². The lowest BCUT2D eigenvalue weighted by Gasteiger charge is -2.30. The van der Waals surface area contributed by atoms with E-state index in [1.165, 1.54) is 0 Å². The number of anilines is 1. The zero-order valence-corrected chi connectivity index (χ0v) is 17.4. The topological polar surface area (TPSA) is 42.9 Å². The summed E-state index contributed by atoms with van der Waals surface area (Å²) in [6, 6.07) is 6.40. The fraction of sp³-hybridized carbons (Fsp3) is 0.650. The van der Waals surface area contributed by atoms with E-state index in [4.69, 9.17) is 0 Å². The minimum absolute atomic E-state index is 0.209. The van der Waals surface area contributed by atoms with Gasteiger partial charge in [-0.25, -0.2) is 4.39 Å². The lowest BCUT2D eigenvalue weighted by atomic mass is 10.2. The number of halogens is 1. The van der Waals surface area contributed by atoms with Crippen molar-refractivity contribution < 1.29 is 4.39 Å². The minimum Gasteiger partial charge on any atom is -0.375 e. The third-order valence-corrected chi connectivity index (χ3v) is 4.39. The van der Waals surface area contributed by atoms with Gasteiger partial charge < -0.3 is 15.5 Å². The summed E-state index contributed by atoms with van der Waals surface area (Å²) in [6.07, 6.45) is 1.04. The van der Waals surface area contributed by atoms with Gasteiger partial charge >= 0.3 is 0 Å². The molecular formula is C20H36FN5. The van der Waals surface area contributed by atoms with Crippen molar-refractivity contribution in [1.82, 2.24) is 15.5 Å². The van der Waals surface area contributed by atoms with E-state index in [0.29, 0.717) is 24.3 Å². The zero-order chi connectivity index (χ0) is 19.7. The minimum atomic E-state index is -0.209. The molecule has 1 aromatic carbocycles. The van der Waals surface area contributed by atoms with E-state index < -0.39 is 0 Å². The normalized spacial score (nSPS) is 12.2. The maximum Gasteiger partial charge on any atom is 0.191 e. The fourth-order valence-electron chi connectivity index (χ4n) is 3.01. The van der Waals surface area contributed by atoms with Gasteiger partial charge in [-0.05, 0) is 51.8 Å². The first kappa shape index (κ1) is 22.2. The van der Waals surface area contributed by atoms with Gasteiger partial charge in [-0.3, -0.25) is 9.89 Å². The molecule has 0 bridgehead atoms. The monoisotopic (exact) mass is 365 g/mol. The molecule has 0 aromatic heterocycles. The van der Waals surface area contributed by atoms with Crippen molar-refractivity contribution in [2.24, 2.45) is 4.99 Å². The largest absolute Gasteiger partial charge is 0.375 e. The highest BCUT2D eigenvalue weighted by molar-refractivity contribution is 5.79. The highest BCUT2D eigenvalue weighted by atomic mass is 19.1. The van der Waals surface area contributed by atoms with Crippen molar-refractivity contribution in [1.29, 1.82) is 0 Å². The summed E-state index contributed by atoms with van der Waals surface area (Å²) < 4.78 is 14.0. The van der Waals surface area contributed by atoms with Crippen LogP contribution in [0.1, 0.15) is 39.7 Å². The number of aliphatic imine (C=N–C) groups is 1. The van der Waals surface area contributed by atoms with Crippen molar-refractivity contribution in [2.75, 3.05) is 39.1 Å². The first-order valence-electron chi connectivity index (χ1n) is 9.42. The van der Waals surface area contributed by atoms with E-state index in [9.17, 15) is 4.39 Å². The standard InChI is InChI=1S/C20H36FN5/c1-15(2)26(16(3)4)12-8-11-23-20(22-5)24-14-17-9-10-19(25(6)7)18(21)13-17/h9-10,13,15-16H,8,11-12,14H2,1-7H3,(H2,22,23,24). The summed E-state index contributed by atoms with van der Waals surface area (Å²) in [5.74, 6) is 0.530. The maximum absolute atomic E-state index is 14.0. The van der Waals surface area contributed by atoms with E-state index in [1.54, 1.807) is 24.1 Å². The number of guanidine groups is 1. The molecule has 2 N–H and O–H groups in total. The van der Waals surface area contributed by atoms with Crippen LogP contribution in [0.25, 0.3) is 0 Å². The Morgan fingerprint density at radius 3 is 2.27 bits per heavy atom. The number of hydrogen-bond donors (Lipinski definition) is 2. The average Bonchev–Trinajstić information content (AvgIpc) is 2.56. The summed E-state index contributed by atoms with van der Waals surface area (Å²) in [6.45, 7) is 11.4. The van der Waals surface area contributed by atoms with Gasteiger partial charge in [-0.1, -0.05) is 6.07 Å². The number of nitrogens with one attached hydrogen (secondary N) is 2. The molecule has 1 rings (SSSR count). The van der Waals surface area contributed by atoms with Crippen LogP contribution in [0, 0.1) is 5.82 Å². The molecule has 5 nitrogen and oxygen atoms in total. The highest BCUT2D eigenvalue weighted by Crippen LogP contribution is 2.18. The number of nitrogens with zero attached hydrogens (tertiary/aromatic N) is 3. The second-order valence-corrected chi connectivity index (χ2v) is 7.31. The Morgan fingerprint density at radius 1 is 1.12 bits per heavy atom. The molecule has 0 unspecified atom stereocenters. The molecule has 0 aliphatic rings. The predicted octanol–water partition coefficient (Wildman–Crippen LogP) is 3.07. The van der Waals surface area contributed by atoms with Crippen LogP contribution in [0.5, 0.6) is 0 Å². The number of hydrogen-bond acceptors (Lipinski definition) is 3. The Labute approximate surface area is 158 Å². The van der Waals surface area contributed by atoms with E-state index in [-0.39, 0.29) is 5.82 Å². The molecule has 0 radical (unpaired) electrons. The molecule has 0 saturated heterocycles. The quantitative estimate of drug-likeness (QED) is 0.401.